The quantitative estimate of drug-likeness (QED) is 0.0909. The zero-order valence-corrected chi connectivity index (χ0v) is 36.6. The maximum Gasteiger partial charge on any atom is 0.306 e. The van der Waals surface area contributed by atoms with Crippen molar-refractivity contribution in [3.05, 3.63) is 87.4 Å². The standard InChI is InChI=1S/C46H66N4O7S/c1-9-32(5)37(25-41(51)39-17-13-14-22-49(39)7)45(53)50(27-35-15-11-10-12-16-35)40(30(2)3)26-42(57-29-56-8)44-48-38(28-58-44)43(52)47-36(23-33(6)46(54)55)24-34-20-18-31(4)19-21-34/h10-12,15-16,18-21,28,30,32-33,36-37,39-40,42H,9,13-14,17,22-27,29H2,1-8H3,(H,47,52)(H,54,55). The first-order chi connectivity index (χ1) is 27.7. The smallest absolute Gasteiger partial charge is 0.306 e. The number of amides is 2. The van der Waals surface area contributed by atoms with Crippen LogP contribution in [0.3, 0.4) is 0 Å². The van der Waals surface area contributed by atoms with Crippen molar-refractivity contribution < 1.29 is 33.8 Å². The number of carbonyl (C=O) groups excluding carboxylic acids is 3. The minimum Gasteiger partial charge on any atom is -0.481 e. The summed E-state index contributed by atoms with van der Waals surface area (Å²) in [5.41, 5.74) is 3.31. The van der Waals surface area contributed by atoms with Gasteiger partial charge in [-0.05, 0) is 69.2 Å². The zero-order chi connectivity index (χ0) is 42.4. The average Bonchev–Trinajstić information content (AvgIpc) is 3.70. The number of thiazole rings is 1. The number of aliphatic carboxylic acids is 1. The molecule has 7 atom stereocenters. The van der Waals surface area contributed by atoms with Gasteiger partial charge in [0.05, 0.1) is 12.0 Å². The highest BCUT2D eigenvalue weighted by Gasteiger charge is 2.39. The molecule has 0 aliphatic carbocycles. The van der Waals surface area contributed by atoms with Gasteiger partial charge in [-0.2, -0.15) is 0 Å². The molecule has 3 aromatic rings. The van der Waals surface area contributed by atoms with Gasteiger partial charge in [0, 0.05) is 49.9 Å². The number of Topliss-reactive ketones (excluding diaryl/α,β-unsaturated/α-hetero) is 1. The predicted octanol–water partition coefficient (Wildman–Crippen LogP) is 8.11. The van der Waals surface area contributed by atoms with Crippen molar-refractivity contribution in [2.75, 3.05) is 27.5 Å². The van der Waals surface area contributed by atoms with Crippen LogP contribution in [-0.4, -0.2) is 89.1 Å². The van der Waals surface area contributed by atoms with E-state index in [0.29, 0.717) is 24.4 Å². The first kappa shape index (κ1) is 46.7. The van der Waals surface area contributed by atoms with E-state index in [9.17, 15) is 19.5 Å². The molecule has 12 heteroatoms. The van der Waals surface area contributed by atoms with Gasteiger partial charge in [-0.3, -0.25) is 24.1 Å². The second-order valence-corrected chi connectivity index (χ2v) is 17.5. The molecule has 4 rings (SSSR count). The van der Waals surface area contributed by atoms with Gasteiger partial charge in [-0.15, -0.1) is 11.3 Å². The fraction of sp³-hybridized carbons (Fsp3) is 0.587. The third kappa shape index (κ3) is 13.5. The molecule has 1 aliphatic rings. The maximum absolute atomic E-state index is 15.1. The molecule has 0 bridgehead atoms. The molecular weight excluding hydrogens is 753 g/mol. The third-order valence-corrected chi connectivity index (χ3v) is 12.7. The molecule has 2 amide bonds. The molecule has 0 spiro atoms. The third-order valence-electron chi connectivity index (χ3n) is 11.7. The number of likely N-dealkylation sites (N-methyl/N-ethyl adjacent to an activating group) is 1. The highest BCUT2D eigenvalue weighted by atomic mass is 32.1. The number of hydrogen-bond donors (Lipinski definition) is 2. The first-order valence-corrected chi connectivity index (χ1v) is 21.8. The fourth-order valence-corrected chi connectivity index (χ4v) is 8.76. The van der Waals surface area contributed by atoms with Crippen LogP contribution in [0.1, 0.15) is 118 Å². The Morgan fingerprint density at radius 3 is 2.33 bits per heavy atom. The molecule has 1 aliphatic heterocycles. The summed E-state index contributed by atoms with van der Waals surface area (Å²) >= 11 is 1.31. The number of ketones is 1. The zero-order valence-electron chi connectivity index (χ0n) is 35.8. The molecule has 7 unspecified atom stereocenters. The second-order valence-electron chi connectivity index (χ2n) is 16.6. The van der Waals surface area contributed by atoms with E-state index >= 15 is 4.79 Å². The van der Waals surface area contributed by atoms with Crippen molar-refractivity contribution in [1.29, 1.82) is 0 Å². The number of likely N-dealkylation sites (tertiary alicyclic amines) is 1. The number of piperidine rings is 1. The number of carbonyl (C=O) groups is 4. The van der Waals surface area contributed by atoms with Gasteiger partial charge in [0.15, 0.2) is 5.78 Å². The van der Waals surface area contributed by atoms with Crippen molar-refractivity contribution >= 4 is 34.9 Å². The van der Waals surface area contributed by atoms with E-state index in [-0.39, 0.29) is 60.9 Å². The number of rotatable bonds is 23. The van der Waals surface area contributed by atoms with Crippen LogP contribution in [-0.2, 0) is 36.8 Å². The number of ether oxygens (including phenoxy) is 2. The van der Waals surface area contributed by atoms with Crippen LogP contribution in [0.25, 0.3) is 0 Å². The van der Waals surface area contributed by atoms with Crippen LogP contribution < -0.4 is 5.32 Å². The number of methoxy groups -OCH3 is 1. The van der Waals surface area contributed by atoms with E-state index in [2.05, 4.69) is 37.9 Å². The average molecular weight is 819 g/mol. The molecule has 2 heterocycles. The van der Waals surface area contributed by atoms with E-state index < -0.39 is 35.9 Å². The minimum atomic E-state index is -0.921. The van der Waals surface area contributed by atoms with Gasteiger partial charge in [0.2, 0.25) is 5.91 Å². The number of nitrogens with zero attached hydrogens (tertiary/aromatic N) is 3. The summed E-state index contributed by atoms with van der Waals surface area (Å²) in [4.78, 5) is 63.4. The minimum absolute atomic E-state index is 0.000516. The molecule has 58 heavy (non-hydrogen) atoms. The number of benzene rings is 2. The Bertz CT molecular complexity index is 1750. The van der Waals surface area contributed by atoms with Crippen molar-refractivity contribution in [1.82, 2.24) is 20.1 Å². The van der Waals surface area contributed by atoms with E-state index in [1.165, 1.54) is 11.3 Å². The molecule has 2 N–H and O–H groups in total. The van der Waals surface area contributed by atoms with Gasteiger partial charge in [0.1, 0.15) is 23.6 Å². The second kappa shape index (κ2) is 23.0. The van der Waals surface area contributed by atoms with Gasteiger partial charge >= 0.3 is 5.97 Å². The molecule has 1 saturated heterocycles. The Morgan fingerprint density at radius 2 is 1.71 bits per heavy atom. The Hall–Kier alpha value is -3.97. The Kier molecular flexibility index (Phi) is 18.5. The number of aromatic nitrogens is 1. The highest BCUT2D eigenvalue weighted by molar-refractivity contribution is 7.09. The lowest BCUT2D eigenvalue weighted by molar-refractivity contribution is -0.146. The van der Waals surface area contributed by atoms with Crippen LogP contribution in [0.5, 0.6) is 0 Å². The Balaban J connectivity index is 1.63. The highest BCUT2D eigenvalue weighted by Crippen LogP contribution is 2.34. The van der Waals surface area contributed by atoms with Gasteiger partial charge in [-0.25, -0.2) is 4.98 Å². The molecule has 2 aromatic carbocycles. The Morgan fingerprint density at radius 1 is 1.00 bits per heavy atom. The van der Waals surface area contributed by atoms with Gasteiger partial charge in [0.25, 0.3) is 5.91 Å². The number of carboxylic acids is 1. The van der Waals surface area contributed by atoms with Crippen molar-refractivity contribution in [2.45, 2.75) is 124 Å². The number of carboxylic acid groups (broad SMARTS) is 1. The largest absolute Gasteiger partial charge is 0.481 e. The summed E-state index contributed by atoms with van der Waals surface area (Å²) in [5.74, 6) is -2.37. The van der Waals surface area contributed by atoms with E-state index in [0.717, 1.165) is 48.9 Å². The van der Waals surface area contributed by atoms with E-state index in [1.807, 2.05) is 73.5 Å². The molecule has 0 radical (unpaired) electrons. The summed E-state index contributed by atoms with van der Waals surface area (Å²) < 4.78 is 11.7. The SMILES string of the molecule is CCC(C)C(CC(=O)C1CCCCN1C)C(=O)N(Cc1ccccc1)C(CC(OCOC)c1nc(C(=O)NC(Cc2ccc(C)cc2)CC(C)C(=O)O)cs1)C(C)C. The number of hydrogen-bond acceptors (Lipinski definition) is 9. The summed E-state index contributed by atoms with van der Waals surface area (Å²) in [6.07, 6.45) is 4.37. The lowest BCUT2D eigenvalue weighted by Crippen LogP contribution is -2.49. The van der Waals surface area contributed by atoms with Crippen LogP contribution in [0.4, 0.5) is 0 Å². The summed E-state index contributed by atoms with van der Waals surface area (Å²) in [7, 11) is 3.56. The normalized spacial score (nSPS) is 17.8. The summed E-state index contributed by atoms with van der Waals surface area (Å²) in [6, 6.07) is 17.0. The monoisotopic (exact) mass is 818 g/mol. The molecule has 1 fully saturated rings. The molecule has 0 saturated carbocycles. The lowest BCUT2D eigenvalue weighted by Gasteiger charge is -2.40. The first-order valence-electron chi connectivity index (χ1n) is 20.9. The van der Waals surface area contributed by atoms with Crippen LogP contribution in [0.15, 0.2) is 60.0 Å². The Labute approximate surface area is 349 Å². The van der Waals surface area contributed by atoms with E-state index in [1.54, 1.807) is 19.4 Å². The number of aryl methyl sites for hydroxylation is 1. The van der Waals surface area contributed by atoms with Crippen molar-refractivity contribution in [3.8, 4) is 0 Å². The summed E-state index contributed by atoms with van der Waals surface area (Å²) in [5, 5.41) is 15.0. The van der Waals surface area contributed by atoms with Gasteiger partial charge < -0.3 is 24.8 Å². The lowest BCUT2D eigenvalue weighted by atomic mass is 9.82. The molecule has 1 aromatic heterocycles. The number of nitrogens with one attached hydrogen (secondary N) is 1. The van der Waals surface area contributed by atoms with Crippen LogP contribution in [0, 0.1) is 30.6 Å². The predicted molar refractivity (Wildman–Crippen MR) is 228 cm³/mol. The molecular formula is C46H66N4O7S. The summed E-state index contributed by atoms with van der Waals surface area (Å²) in [6.45, 7) is 13.2. The van der Waals surface area contributed by atoms with Crippen molar-refractivity contribution in [2.24, 2.45) is 23.7 Å². The van der Waals surface area contributed by atoms with Crippen LogP contribution in [0.2, 0.25) is 0 Å². The van der Waals surface area contributed by atoms with E-state index in [4.69, 9.17) is 14.5 Å². The van der Waals surface area contributed by atoms with Crippen LogP contribution >= 0.6 is 11.3 Å². The molecule has 11 nitrogen and oxygen atoms in total. The topological polar surface area (TPSA) is 138 Å². The van der Waals surface area contributed by atoms with Crippen molar-refractivity contribution in [3.63, 3.8) is 0 Å². The van der Waals surface area contributed by atoms with Gasteiger partial charge in [-0.1, -0.05) is 108 Å². The fourth-order valence-electron chi connectivity index (χ4n) is 7.90. The maximum atomic E-state index is 15.1. The molecule has 318 valence electrons.